The molecule has 1 aliphatic carbocycles. The summed E-state index contributed by atoms with van der Waals surface area (Å²) in [5.74, 6) is 0. The van der Waals surface area contributed by atoms with E-state index in [9.17, 15) is 0 Å². The van der Waals surface area contributed by atoms with Crippen LogP contribution in [-0.2, 0) is 0 Å². The van der Waals surface area contributed by atoms with Crippen LogP contribution < -0.4 is 0 Å². The minimum Gasteiger partial charge on any atom is -0.217 e. The standard InChI is InChI=1S/C18H14BrN3/c19-15-9-5-13(6-10-15)14-7-11-16(12-8-14)22-18-4-2-1-3-17(18)20-21-22/h1-7,9-11H,8,12H2. The molecule has 0 bridgehead atoms. The first-order valence-electron chi connectivity index (χ1n) is 7.28. The summed E-state index contributed by atoms with van der Waals surface area (Å²) in [5.41, 5.74) is 5.83. The molecule has 4 heteroatoms. The highest BCUT2D eigenvalue weighted by Gasteiger charge is 2.13. The van der Waals surface area contributed by atoms with Gasteiger partial charge in [0.25, 0.3) is 0 Å². The summed E-state index contributed by atoms with van der Waals surface area (Å²) in [6, 6.07) is 16.5. The van der Waals surface area contributed by atoms with Crippen LogP contribution >= 0.6 is 15.9 Å². The number of para-hydroxylation sites is 1. The molecular weight excluding hydrogens is 338 g/mol. The molecule has 22 heavy (non-hydrogen) atoms. The Hall–Kier alpha value is -2.20. The van der Waals surface area contributed by atoms with Gasteiger partial charge in [-0.2, -0.15) is 0 Å². The van der Waals surface area contributed by atoms with E-state index in [-0.39, 0.29) is 0 Å². The zero-order valence-corrected chi connectivity index (χ0v) is 13.5. The van der Waals surface area contributed by atoms with Gasteiger partial charge in [-0.1, -0.05) is 51.5 Å². The SMILES string of the molecule is Brc1ccc(C2=CC=C(n3nnc4ccccc43)CC2)cc1. The molecule has 3 nitrogen and oxygen atoms in total. The third kappa shape index (κ3) is 2.40. The molecule has 1 aromatic heterocycles. The van der Waals surface area contributed by atoms with Gasteiger partial charge in [-0.3, -0.25) is 0 Å². The van der Waals surface area contributed by atoms with E-state index in [1.807, 2.05) is 22.9 Å². The van der Waals surface area contributed by atoms with Gasteiger partial charge in [0, 0.05) is 10.2 Å². The zero-order valence-electron chi connectivity index (χ0n) is 11.9. The summed E-state index contributed by atoms with van der Waals surface area (Å²) in [6.45, 7) is 0. The Kier molecular flexibility index (Phi) is 3.39. The molecule has 0 unspecified atom stereocenters. The van der Waals surface area contributed by atoms with Gasteiger partial charge in [0.1, 0.15) is 5.52 Å². The maximum Gasteiger partial charge on any atom is 0.113 e. The molecule has 1 heterocycles. The first-order valence-corrected chi connectivity index (χ1v) is 8.07. The molecule has 0 saturated heterocycles. The molecule has 0 atom stereocenters. The van der Waals surface area contributed by atoms with E-state index in [4.69, 9.17) is 0 Å². The third-order valence-electron chi connectivity index (χ3n) is 3.97. The molecule has 3 aromatic rings. The topological polar surface area (TPSA) is 30.7 Å². The first-order chi connectivity index (χ1) is 10.8. The molecule has 2 aromatic carbocycles. The van der Waals surface area contributed by atoms with Crippen LogP contribution in [0.1, 0.15) is 18.4 Å². The summed E-state index contributed by atoms with van der Waals surface area (Å²) in [7, 11) is 0. The number of fused-ring (bicyclic) bond motifs is 1. The Balaban J connectivity index is 1.69. The number of hydrogen-bond acceptors (Lipinski definition) is 2. The van der Waals surface area contributed by atoms with Gasteiger partial charge in [0.05, 0.1) is 5.52 Å². The largest absolute Gasteiger partial charge is 0.217 e. The maximum absolute atomic E-state index is 4.29. The monoisotopic (exact) mass is 351 g/mol. The summed E-state index contributed by atoms with van der Waals surface area (Å²) in [6.07, 6.45) is 6.33. The highest BCUT2D eigenvalue weighted by atomic mass is 79.9. The molecule has 0 aliphatic heterocycles. The van der Waals surface area contributed by atoms with Gasteiger partial charge in [0.15, 0.2) is 0 Å². The summed E-state index contributed by atoms with van der Waals surface area (Å²) < 4.78 is 3.06. The number of benzene rings is 2. The van der Waals surface area contributed by atoms with Gasteiger partial charge in [-0.25, -0.2) is 4.68 Å². The average molecular weight is 352 g/mol. The van der Waals surface area contributed by atoms with E-state index in [0.717, 1.165) is 28.3 Å². The van der Waals surface area contributed by atoms with E-state index in [1.165, 1.54) is 16.8 Å². The van der Waals surface area contributed by atoms with E-state index in [1.54, 1.807) is 0 Å². The van der Waals surface area contributed by atoms with E-state index < -0.39 is 0 Å². The van der Waals surface area contributed by atoms with Crippen molar-refractivity contribution in [2.45, 2.75) is 12.8 Å². The van der Waals surface area contributed by atoms with Crippen molar-refractivity contribution in [1.29, 1.82) is 0 Å². The second kappa shape index (κ2) is 5.54. The molecule has 1 aliphatic rings. The van der Waals surface area contributed by atoms with Crippen molar-refractivity contribution < 1.29 is 0 Å². The second-order valence-electron chi connectivity index (χ2n) is 5.35. The predicted octanol–water partition coefficient (Wildman–Crippen LogP) is 4.91. The number of rotatable bonds is 2. The van der Waals surface area contributed by atoms with E-state index >= 15 is 0 Å². The fourth-order valence-corrected chi connectivity index (χ4v) is 3.05. The fourth-order valence-electron chi connectivity index (χ4n) is 2.79. The Morgan fingerprint density at radius 3 is 2.50 bits per heavy atom. The van der Waals surface area contributed by atoms with Crippen molar-refractivity contribution in [2.24, 2.45) is 0 Å². The Labute approximate surface area is 137 Å². The molecule has 0 radical (unpaired) electrons. The lowest BCUT2D eigenvalue weighted by atomic mass is 9.96. The lowest BCUT2D eigenvalue weighted by Gasteiger charge is -2.15. The third-order valence-corrected chi connectivity index (χ3v) is 4.49. The minimum absolute atomic E-state index is 0.936. The lowest BCUT2D eigenvalue weighted by Crippen LogP contribution is -2.03. The predicted molar refractivity (Wildman–Crippen MR) is 93.2 cm³/mol. The van der Waals surface area contributed by atoms with Crippen LogP contribution in [-0.4, -0.2) is 15.0 Å². The molecule has 0 fully saturated rings. The number of halogens is 1. The molecule has 0 amide bonds. The molecule has 108 valence electrons. The Morgan fingerprint density at radius 2 is 1.73 bits per heavy atom. The van der Waals surface area contributed by atoms with Crippen LogP contribution in [0.2, 0.25) is 0 Å². The molecule has 0 N–H and O–H groups in total. The average Bonchev–Trinajstić information content (AvgIpc) is 3.00. The maximum atomic E-state index is 4.29. The van der Waals surface area contributed by atoms with Crippen molar-refractivity contribution in [2.75, 3.05) is 0 Å². The smallest absolute Gasteiger partial charge is 0.113 e. The van der Waals surface area contributed by atoms with Crippen molar-refractivity contribution in [1.82, 2.24) is 15.0 Å². The van der Waals surface area contributed by atoms with Gasteiger partial charge < -0.3 is 0 Å². The zero-order chi connectivity index (χ0) is 14.9. The van der Waals surface area contributed by atoms with Gasteiger partial charge in [-0.05, 0) is 54.3 Å². The number of nitrogens with zero attached hydrogens (tertiary/aromatic N) is 3. The van der Waals surface area contributed by atoms with Crippen molar-refractivity contribution >= 4 is 38.2 Å². The van der Waals surface area contributed by atoms with Crippen molar-refractivity contribution in [3.63, 3.8) is 0 Å². The highest BCUT2D eigenvalue weighted by molar-refractivity contribution is 9.10. The van der Waals surface area contributed by atoms with Crippen LogP contribution in [0, 0.1) is 0 Å². The molecule has 4 rings (SSSR count). The van der Waals surface area contributed by atoms with Gasteiger partial charge >= 0.3 is 0 Å². The first kappa shape index (κ1) is 13.5. The van der Waals surface area contributed by atoms with E-state index in [2.05, 4.69) is 68.7 Å². The lowest BCUT2D eigenvalue weighted by molar-refractivity contribution is 0.803. The normalized spacial score (nSPS) is 14.8. The summed E-state index contributed by atoms with van der Waals surface area (Å²) in [4.78, 5) is 0. The number of hydrogen-bond donors (Lipinski definition) is 0. The Morgan fingerprint density at radius 1 is 0.909 bits per heavy atom. The van der Waals surface area contributed by atoms with Gasteiger partial charge in [-0.15, -0.1) is 5.10 Å². The van der Waals surface area contributed by atoms with Crippen molar-refractivity contribution in [3.8, 4) is 0 Å². The number of allylic oxidation sites excluding steroid dienone is 4. The van der Waals surface area contributed by atoms with Crippen LogP contribution in [0.4, 0.5) is 0 Å². The summed E-state index contributed by atoms with van der Waals surface area (Å²) >= 11 is 3.48. The second-order valence-corrected chi connectivity index (χ2v) is 6.26. The summed E-state index contributed by atoms with van der Waals surface area (Å²) in [5, 5.41) is 8.52. The highest BCUT2D eigenvalue weighted by Crippen LogP contribution is 2.30. The van der Waals surface area contributed by atoms with E-state index in [0.29, 0.717) is 0 Å². The minimum atomic E-state index is 0.936. The molecular formula is C18H14BrN3. The molecule has 0 spiro atoms. The Bertz CT molecular complexity index is 888. The molecule has 0 saturated carbocycles. The van der Waals surface area contributed by atoms with Gasteiger partial charge in [0.2, 0.25) is 0 Å². The van der Waals surface area contributed by atoms with Crippen LogP contribution in [0.5, 0.6) is 0 Å². The quantitative estimate of drug-likeness (QED) is 0.656. The van der Waals surface area contributed by atoms with Crippen LogP contribution in [0.15, 0.2) is 65.2 Å². The number of aromatic nitrogens is 3. The van der Waals surface area contributed by atoms with Crippen LogP contribution in [0.3, 0.4) is 0 Å². The van der Waals surface area contributed by atoms with Crippen LogP contribution in [0.25, 0.3) is 22.3 Å². The van der Waals surface area contributed by atoms with Crippen molar-refractivity contribution in [3.05, 3.63) is 70.7 Å². The fraction of sp³-hybridized carbons (Fsp3) is 0.111.